The number of hydrogen-bond donors (Lipinski definition) is 1. The van der Waals surface area contributed by atoms with E-state index < -0.39 is 19.8 Å². The van der Waals surface area contributed by atoms with Gasteiger partial charge in [-0.2, -0.15) is 0 Å². The molecular weight excluding hydrogens is 540 g/mol. The molecule has 0 aromatic heterocycles. The highest BCUT2D eigenvalue weighted by atomic mass is 28.4. The number of cyclic esters (lactones) is 1. The highest BCUT2D eigenvalue weighted by Crippen LogP contribution is 2.66. The van der Waals surface area contributed by atoms with Gasteiger partial charge < -0.3 is 19.0 Å². The Labute approximate surface area is 252 Å². The van der Waals surface area contributed by atoms with Crippen LogP contribution in [0.4, 0.5) is 0 Å². The van der Waals surface area contributed by atoms with Gasteiger partial charge in [0.2, 0.25) is 0 Å². The zero-order chi connectivity index (χ0) is 29.8. The number of carbonyl (C=O) groups excluding carboxylic acids is 1. The summed E-state index contributed by atoms with van der Waals surface area (Å²) in [4.78, 5) is 12.2. The summed E-state index contributed by atoms with van der Waals surface area (Å²) in [5.41, 5.74) is -0.0804. The lowest BCUT2D eigenvalue weighted by molar-refractivity contribution is -0.164. The topological polar surface area (TPSA) is 68.3 Å². The van der Waals surface area contributed by atoms with Crippen LogP contribution < -0.4 is 10.4 Å². The molecule has 6 heteroatoms. The fraction of sp³-hybridized carbons (Fsp3) is 0.528. The first-order chi connectivity index (χ1) is 20.0. The summed E-state index contributed by atoms with van der Waals surface area (Å²) >= 11 is 0. The molecule has 4 aliphatic rings. The number of hydrogen-bond acceptors (Lipinski definition) is 5. The highest BCUT2D eigenvalue weighted by Gasteiger charge is 2.67. The first-order valence-corrected chi connectivity index (χ1v) is 17.5. The van der Waals surface area contributed by atoms with Crippen molar-refractivity contribution in [1.82, 2.24) is 0 Å². The van der Waals surface area contributed by atoms with E-state index in [2.05, 4.69) is 101 Å². The lowest BCUT2D eigenvalue weighted by Gasteiger charge is -2.61. The molecule has 1 spiro atoms. The number of fused-ring (bicyclic) bond motifs is 1. The normalized spacial score (nSPS) is 34.8. The van der Waals surface area contributed by atoms with Crippen molar-refractivity contribution >= 4 is 24.7 Å². The van der Waals surface area contributed by atoms with Crippen molar-refractivity contribution in [1.29, 1.82) is 0 Å². The van der Waals surface area contributed by atoms with E-state index in [9.17, 15) is 9.90 Å². The summed E-state index contributed by atoms with van der Waals surface area (Å²) in [7, 11) is -2.77. The third-order valence-corrected chi connectivity index (χ3v) is 16.2. The van der Waals surface area contributed by atoms with E-state index in [-0.39, 0.29) is 33.9 Å². The molecule has 2 aliphatic carbocycles. The second-order valence-electron chi connectivity index (χ2n) is 14.6. The molecule has 2 heterocycles. The predicted octanol–water partition coefficient (Wildman–Crippen LogP) is 5.56. The zero-order valence-electron chi connectivity index (χ0n) is 25.8. The van der Waals surface area contributed by atoms with Gasteiger partial charge in [0.05, 0.1) is 23.9 Å². The van der Waals surface area contributed by atoms with Crippen LogP contribution >= 0.6 is 0 Å². The maximum Gasteiger partial charge on any atom is 0.338 e. The molecule has 0 radical (unpaired) electrons. The molecule has 2 saturated carbocycles. The zero-order valence-corrected chi connectivity index (χ0v) is 26.8. The standard InChI is InChI=1S/C36H46O5Si/c1-33(2,3)42(27-12-8-6-9-13-27,28-14-10-7-11-15-28)41-24-35(5)29-18-22-36(25-40-36)30(34(29,4)21-19-31(35)37)17-16-26-20-23-39-32(26)38/h6-17,20,29-31,37H,18-19,21-25H2,1-5H3/b17-16+/t29-,30-,31+,34+,35-,36+/m0/s1. The minimum absolute atomic E-state index is 0.100. The Bertz CT molecular complexity index is 1320. The molecule has 42 heavy (non-hydrogen) atoms. The molecule has 0 unspecified atom stereocenters. The van der Waals surface area contributed by atoms with Crippen LogP contribution in [0.2, 0.25) is 5.04 Å². The average molecular weight is 587 g/mol. The van der Waals surface area contributed by atoms with Crippen molar-refractivity contribution < 1.29 is 23.8 Å². The lowest BCUT2D eigenvalue weighted by Crippen LogP contribution is -2.68. The fourth-order valence-electron chi connectivity index (χ4n) is 8.86. The molecule has 1 saturated heterocycles. The smallest absolute Gasteiger partial charge is 0.338 e. The van der Waals surface area contributed by atoms with Crippen molar-refractivity contribution in [3.8, 4) is 0 Å². The molecule has 0 amide bonds. The second kappa shape index (κ2) is 10.6. The molecule has 1 N–H and O–H groups in total. The van der Waals surface area contributed by atoms with E-state index in [0.29, 0.717) is 18.8 Å². The Hall–Kier alpha value is -2.51. The largest absolute Gasteiger partial charge is 0.458 e. The van der Waals surface area contributed by atoms with Gasteiger partial charge in [-0.1, -0.05) is 107 Å². The highest BCUT2D eigenvalue weighted by molar-refractivity contribution is 6.99. The van der Waals surface area contributed by atoms with Crippen LogP contribution in [0.25, 0.3) is 0 Å². The van der Waals surface area contributed by atoms with Gasteiger partial charge in [-0.15, -0.1) is 0 Å². The van der Waals surface area contributed by atoms with Gasteiger partial charge in [0, 0.05) is 17.9 Å². The molecular formula is C36H46O5Si. The molecule has 2 aromatic rings. The van der Waals surface area contributed by atoms with Crippen LogP contribution in [0.3, 0.4) is 0 Å². The Morgan fingerprint density at radius 3 is 2.14 bits per heavy atom. The Morgan fingerprint density at radius 2 is 1.62 bits per heavy atom. The molecule has 6 atom stereocenters. The van der Waals surface area contributed by atoms with Crippen LogP contribution in [0.15, 0.2) is 84.5 Å². The molecule has 2 aromatic carbocycles. The molecule has 224 valence electrons. The number of ether oxygens (including phenoxy) is 2. The number of carbonyl (C=O) groups is 1. The first-order valence-electron chi connectivity index (χ1n) is 15.6. The first kappa shape index (κ1) is 29.6. The summed E-state index contributed by atoms with van der Waals surface area (Å²) in [6.07, 6.45) is 9.15. The maximum absolute atomic E-state index is 12.2. The number of benzene rings is 2. The second-order valence-corrected chi connectivity index (χ2v) is 18.9. The van der Waals surface area contributed by atoms with Crippen LogP contribution in [-0.2, 0) is 18.7 Å². The molecule has 5 nitrogen and oxygen atoms in total. The van der Waals surface area contributed by atoms with Crippen molar-refractivity contribution in [3.05, 3.63) is 84.5 Å². The Morgan fingerprint density at radius 1 is 1.00 bits per heavy atom. The van der Waals surface area contributed by atoms with Gasteiger partial charge in [-0.3, -0.25) is 0 Å². The minimum Gasteiger partial charge on any atom is -0.458 e. The van der Waals surface area contributed by atoms with Crippen molar-refractivity contribution in [2.45, 2.75) is 77.0 Å². The molecule has 0 bridgehead atoms. The number of aliphatic hydroxyl groups excluding tert-OH is 1. The van der Waals surface area contributed by atoms with Gasteiger partial charge in [0.1, 0.15) is 6.61 Å². The van der Waals surface area contributed by atoms with E-state index in [1.807, 2.05) is 12.2 Å². The summed E-state index contributed by atoms with van der Waals surface area (Å²) in [6, 6.07) is 21.5. The number of epoxide rings is 1. The van der Waals surface area contributed by atoms with Crippen molar-refractivity contribution in [2.75, 3.05) is 19.8 Å². The summed E-state index contributed by atoms with van der Waals surface area (Å²) in [5, 5.41) is 14.2. The fourth-order valence-corrected chi connectivity index (χ4v) is 13.5. The molecule has 2 aliphatic heterocycles. The van der Waals surface area contributed by atoms with Crippen molar-refractivity contribution in [2.24, 2.45) is 22.7 Å². The van der Waals surface area contributed by atoms with E-state index in [4.69, 9.17) is 13.9 Å². The third-order valence-electron chi connectivity index (χ3n) is 11.2. The van der Waals surface area contributed by atoms with E-state index in [0.717, 1.165) is 32.3 Å². The summed E-state index contributed by atoms with van der Waals surface area (Å²) in [5.74, 6) is 0.135. The van der Waals surface area contributed by atoms with Gasteiger partial charge in [0.25, 0.3) is 8.32 Å². The van der Waals surface area contributed by atoms with Crippen molar-refractivity contribution in [3.63, 3.8) is 0 Å². The van der Waals surface area contributed by atoms with Gasteiger partial charge >= 0.3 is 5.97 Å². The number of rotatable bonds is 7. The summed E-state index contributed by atoms with van der Waals surface area (Å²) in [6.45, 7) is 13.2. The van der Waals surface area contributed by atoms with Gasteiger partial charge in [0.15, 0.2) is 0 Å². The van der Waals surface area contributed by atoms with Crippen LogP contribution in [0.1, 0.15) is 60.3 Å². The van der Waals surface area contributed by atoms with Gasteiger partial charge in [-0.25, -0.2) is 4.79 Å². The van der Waals surface area contributed by atoms with E-state index in [1.54, 1.807) is 0 Å². The van der Waals surface area contributed by atoms with Crippen LogP contribution in [0, 0.1) is 22.7 Å². The summed E-state index contributed by atoms with van der Waals surface area (Å²) < 4.78 is 18.8. The van der Waals surface area contributed by atoms with E-state index >= 15 is 0 Å². The predicted molar refractivity (Wildman–Crippen MR) is 168 cm³/mol. The lowest BCUT2D eigenvalue weighted by atomic mass is 9.45. The Balaban J connectivity index is 1.38. The van der Waals surface area contributed by atoms with Crippen LogP contribution in [0.5, 0.6) is 0 Å². The molecule has 3 fully saturated rings. The number of aliphatic hydroxyl groups is 1. The molecule has 6 rings (SSSR count). The van der Waals surface area contributed by atoms with Crippen LogP contribution in [-0.4, -0.2) is 50.9 Å². The van der Waals surface area contributed by atoms with E-state index in [1.165, 1.54) is 10.4 Å². The SMILES string of the molecule is CC(C)(C)[Si](OC[C@@]1(C)[C@H]2CC[C@@]3(CO3)[C@@H](/C=C/C3=CCOC3=O)[C@]2(C)CC[C@H]1O)(c1ccccc1)c1ccccc1. The third kappa shape index (κ3) is 4.66. The Kier molecular flexibility index (Phi) is 7.45. The minimum atomic E-state index is -2.77. The van der Waals surface area contributed by atoms with Gasteiger partial charge in [-0.05, 0) is 58.5 Å². The monoisotopic (exact) mass is 586 g/mol. The quantitative estimate of drug-likeness (QED) is 0.261. The maximum atomic E-state index is 12.2. The number of esters is 1. The average Bonchev–Trinajstić information content (AvgIpc) is 3.62.